The highest BCUT2D eigenvalue weighted by Gasteiger charge is 2.39. The third-order valence-electron chi connectivity index (χ3n) is 4.89. The molecule has 1 aromatic heterocycles. The third-order valence-corrected chi connectivity index (χ3v) is 7.11. The van der Waals surface area contributed by atoms with Crippen LogP contribution in [0.1, 0.15) is 47.7 Å². The number of hydrogen-bond donors (Lipinski definition) is 1. The minimum absolute atomic E-state index is 0.180. The molecule has 0 unspecified atom stereocenters. The largest absolute Gasteiger partial charge is 0.477 e. The van der Waals surface area contributed by atoms with Crippen molar-refractivity contribution < 1.29 is 23.1 Å². The first-order valence-electron chi connectivity index (χ1n) is 8.19. The van der Waals surface area contributed by atoms with Crippen molar-refractivity contribution in [3.63, 3.8) is 0 Å². The van der Waals surface area contributed by atoms with E-state index in [4.69, 9.17) is 4.74 Å². The number of benzene rings is 1. The maximum absolute atomic E-state index is 12.7. The third kappa shape index (κ3) is 2.52. The fourth-order valence-electron chi connectivity index (χ4n) is 3.43. The Balaban J connectivity index is 1.85. The van der Waals surface area contributed by atoms with Crippen LogP contribution in [0.3, 0.4) is 0 Å². The second-order valence-electron chi connectivity index (χ2n) is 6.55. The summed E-state index contributed by atoms with van der Waals surface area (Å²) in [4.78, 5) is 11.6. The molecule has 0 atom stereocenters. The molecule has 0 amide bonds. The maximum atomic E-state index is 12.7. The van der Waals surface area contributed by atoms with Gasteiger partial charge in [0.1, 0.15) is 5.69 Å². The van der Waals surface area contributed by atoms with Gasteiger partial charge in [-0.05, 0) is 55.4 Å². The molecular weight excluding hydrogens is 330 g/mol. The number of ether oxygens (including phenoxy) is 1. The van der Waals surface area contributed by atoms with Gasteiger partial charge in [-0.15, -0.1) is 0 Å². The van der Waals surface area contributed by atoms with Crippen LogP contribution in [0.5, 0.6) is 0 Å². The smallest absolute Gasteiger partial charge is 0.353 e. The van der Waals surface area contributed by atoms with Gasteiger partial charge in [-0.3, -0.25) is 0 Å². The van der Waals surface area contributed by atoms with Crippen molar-refractivity contribution in [3.8, 4) is 0 Å². The Hall–Kier alpha value is -1.86. The van der Waals surface area contributed by atoms with Gasteiger partial charge < -0.3 is 9.84 Å². The molecule has 4 rings (SSSR count). The number of carbonyl (C=O) groups is 1. The molecule has 1 aromatic carbocycles. The van der Waals surface area contributed by atoms with Crippen LogP contribution in [0.2, 0.25) is 0 Å². The van der Waals surface area contributed by atoms with Gasteiger partial charge in [-0.25, -0.2) is 17.2 Å². The molecule has 0 radical (unpaired) electrons. The first-order chi connectivity index (χ1) is 11.5. The summed E-state index contributed by atoms with van der Waals surface area (Å²) in [6, 6.07) is 7.06. The zero-order chi connectivity index (χ0) is 16.9. The molecule has 128 valence electrons. The number of nitrogens with zero attached hydrogens (tertiary/aromatic N) is 1. The van der Waals surface area contributed by atoms with Gasteiger partial charge in [0, 0.05) is 18.6 Å². The van der Waals surface area contributed by atoms with Gasteiger partial charge in [0.25, 0.3) is 0 Å². The summed E-state index contributed by atoms with van der Waals surface area (Å²) >= 11 is 0. The van der Waals surface area contributed by atoms with Crippen LogP contribution in [-0.2, 0) is 14.8 Å². The van der Waals surface area contributed by atoms with E-state index in [9.17, 15) is 18.3 Å². The molecule has 2 aromatic rings. The lowest BCUT2D eigenvalue weighted by Crippen LogP contribution is -2.21. The number of rotatable bonds is 4. The van der Waals surface area contributed by atoms with Gasteiger partial charge in [-0.2, -0.15) is 0 Å². The first-order valence-corrected chi connectivity index (χ1v) is 9.69. The molecule has 0 bridgehead atoms. The van der Waals surface area contributed by atoms with Crippen LogP contribution in [0.25, 0.3) is 10.9 Å². The maximum Gasteiger partial charge on any atom is 0.353 e. The van der Waals surface area contributed by atoms with E-state index in [2.05, 4.69) is 0 Å². The van der Waals surface area contributed by atoms with Gasteiger partial charge >= 0.3 is 5.97 Å². The number of hydrogen-bond acceptors (Lipinski definition) is 4. The Morgan fingerprint density at radius 1 is 1.12 bits per heavy atom. The minimum Gasteiger partial charge on any atom is -0.477 e. The Kier molecular flexibility index (Phi) is 3.65. The molecule has 1 N–H and O–H groups in total. The molecule has 7 heteroatoms. The van der Waals surface area contributed by atoms with Crippen LogP contribution < -0.4 is 0 Å². The fourth-order valence-corrected chi connectivity index (χ4v) is 5.31. The van der Waals surface area contributed by atoms with E-state index in [0.29, 0.717) is 29.7 Å². The summed E-state index contributed by atoms with van der Waals surface area (Å²) in [7, 11) is -3.65. The highest BCUT2D eigenvalue weighted by molar-refractivity contribution is 7.91. The Bertz CT molecular complexity index is 904. The van der Waals surface area contributed by atoms with Crippen molar-refractivity contribution >= 4 is 26.9 Å². The summed E-state index contributed by atoms with van der Waals surface area (Å²) < 4.78 is 31.7. The SMILES string of the molecule is O=C(O)c1cc2cc(C3CCOCC3)ccc2n1S(=O)(=O)C1CC1. The summed E-state index contributed by atoms with van der Waals surface area (Å²) in [5.41, 5.74) is 1.39. The van der Waals surface area contributed by atoms with Crippen molar-refractivity contribution in [2.24, 2.45) is 0 Å². The Morgan fingerprint density at radius 3 is 2.46 bits per heavy atom. The number of carboxylic acid groups (broad SMARTS) is 1. The Labute approximate surface area is 140 Å². The van der Waals surface area contributed by atoms with Crippen LogP contribution in [0.15, 0.2) is 24.3 Å². The highest BCUT2D eigenvalue weighted by atomic mass is 32.2. The average Bonchev–Trinajstić information content (AvgIpc) is 3.35. The lowest BCUT2D eigenvalue weighted by atomic mass is 9.91. The number of carboxylic acids is 1. The second-order valence-corrected chi connectivity index (χ2v) is 8.61. The standard InChI is InChI=1S/C17H19NO5S/c19-17(20)16-10-13-9-12(11-5-7-23-8-6-11)1-4-15(13)18(16)24(21,22)14-2-3-14/h1,4,9-11,14H,2-3,5-8H2,(H,19,20). The predicted octanol–water partition coefficient (Wildman–Crippen LogP) is 2.57. The monoisotopic (exact) mass is 349 g/mol. The number of aromatic carboxylic acids is 1. The first kappa shape index (κ1) is 15.7. The van der Waals surface area contributed by atoms with Crippen molar-refractivity contribution in [2.75, 3.05) is 13.2 Å². The minimum atomic E-state index is -3.65. The van der Waals surface area contributed by atoms with Gasteiger partial charge in [0.2, 0.25) is 10.0 Å². The Morgan fingerprint density at radius 2 is 1.83 bits per heavy atom. The van der Waals surface area contributed by atoms with Crippen LogP contribution in [0.4, 0.5) is 0 Å². The van der Waals surface area contributed by atoms with E-state index in [1.807, 2.05) is 12.1 Å². The molecule has 2 aliphatic rings. The number of aromatic nitrogens is 1. The van der Waals surface area contributed by atoms with Gasteiger partial charge in [-0.1, -0.05) is 6.07 Å². The van der Waals surface area contributed by atoms with E-state index in [-0.39, 0.29) is 5.69 Å². The molecule has 6 nitrogen and oxygen atoms in total. The van der Waals surface area contributed by atoms with Crippen LogP contribution in [-0.4, -0.2) is 41.9 Å². The predicted molar refractivity (Wildman–Crippen MR) is 89.0 cm³/mol. The van der Waals surface area contributed by atoms with Crippen molar-refractivity contribution in [3.05, 3.63) is 35.5 Å². The van der Waals surface area contributed by atoms with Crippen molar-refractivity contribution in [1.29, 1.82) is 0 Å². The van der Waals surface area contributed by atoms with E-state index in [1.54, 1.807) is 6.07 Å². The fraction of sp³-hybridized carbons (Fsp3) is 0.471. The van der Waals surface area contributed by atoms with Crippen molar-refractivity contribution in [1.82, 2.24) is 3.97 Å². The molecule has 1 saturated heterocycles. The van der Waals surface area contributed by atoms with E-state index in [0.717, 1.165) is 35.6 Å². The summed E-state index contributed by atoms with van der Waals surface area (Å²) in [6.07, 6.45) is 3.05. The van der Waals surface area contributed by atoms with Crippen LogP contribution in [0, 0.1) is 0 Å². The summed E-state index contributed by atoms with van der Waals surface area (Å²) in [6.45, 7) is 1.44. The lowest BCUT2D eigenvalue weighted by molar-refractivity contribution is 0.0689. The topological polar surface area (TPSA) is 85.6 Å². The highest BCUT2D eigenvalue weighted by Crippen LogP contribution is 2.35. The molecule has 2 heterocycles. The quantitative estimate of drug-likeness (QED) is 0.917. The van der Waals surface area contributed by atoms with Gasteiger partial charge in [0.15, 0.2) is 0 Å². The summed E-state index contributed by atoms with van der Waals surface area (Å²) in [5, 5.41) is 9.66. The molecule has 1 saturated carbocycles. The number of fused-ring (bicyclic) bond motifs is 1. The van der Waals surface area contributed by atoms with E-state index >= 15 is 0 Å². The summed E-state index contributed by atoms with van der Waals surface area (Å²) in [5.74, 6) is -0.845. The van der Waals surface area contributed by atoms with Gasteiger partial charge in [0.05, 0.1) is 10.8 Å². The van der Waals surface area contributed by atoms with Crippen molar-refractivity contribution in [2.45, 2.75) is 36.9 Å². The average molecular weight is 349 g/mol. The normalized spacial score (nSPS) is 19.7. The molecule has 2 fully saturated rings. The molecule has 1 aliphatic carbocycles. The molecular formula is C17H19NO5S. The molecule has 24 heavy (non-hydrogen) atoms. The van der Waals surface area contributed by atoms with E-state index < -0.39 is 21.2 Å². The zero-order valence-corrected chi connectivity index (χ0v) is 14.0. The second kappa shape index (κ2) is 5.60. The van der Waals surface area contributed by atoms with E-state index in [1.165, 1.54) is 6.07 Å². The molecule has 1 aliphatic heterocycles. The lowest BCUT2D eigenvalue weighted by Gasteiger charge is -2.22. The van der Waals surface area contributed by atoms with Crippen LogP contribution >= 0.6 is 0 Å². The molecule has 0 spiro atoms. The zero-order valence-electron chi connectivity index (χ0n) is 13.1.